The van der Waals surface area contributed by atoms with E-state index in [2.05, 4.69) is 19.2 Å². The highest BCUT2D eigenvalue weighted by Gasteiger charge is 2.36. The van der Waals surface area contributed by atoms with E-state index in [1.807, 2.05) is 31.2 Å². The summed E-state index contributed by atoms with van der Waals surface area (Å²) < 4.78 is 11.7. The van der Waals surface area contributed by atoms with Crippen molar-refractivity contribution in [1.29, 1.82) is 0 Å². The number of benzene rings is 3. The molecule has 0 atom stereocenters. The Morgan fingerprint density at radius 1 is 1.00 bits per heavy atom. The number of hydrogen-bond donors (Lipinski definition) is 1. The molecule has 1 saturated heterocycles. The molecule has 0 spiro atoms. The van der Waals surface area contributed by atoms with E-state index in [9.17, 15) is 14.4 Å². The summed E-state index contributed by atoms with van der Waals surface area (Å²) in [6, 6.07) is 20.1. The Balaban J connectivity index is 1.42. The standard InChI is InChI=1S/C30H29ClN2O5S/c1-4-37-26-15-21(7-14-25(26)38-18-20-5-10-23(31)11-6-20)16-27-29(35)33(30(36)39-27)17-28(34)32-24-12-8-22(9-13-24)19(2)3/h5-16,19H,4,17-18H2,1-3H3,(H,32,34)/b27-16+. The maximum atomic E-state index is 13.0. The highest BCUT2D eigenvalue weighted by molar-refractivity contribution is 8.18. The van der Waals surface area contributed by atoms with E-state index in [-0.39, 0.29) is 11.4 Å². The molecule has 0 saturated carbocycles. The third-order valence-corrected chi connectivity index (χ3v) is 7.07. The number of nitrogens with one attached hydrogen (secondary N) is 1. The number of carbonyl (C=O) groups excluding carboxylic acids is 3. The lowest BCUT2D eigenvalue weighted by molar-refractivity contribution is -0.127. The van der Waals surface area contributed by atoms with Crippen molar-refractivity contribution in [3.63, 3.8) is 0 Å². The maximum absolute atomic E-state index is 13.0. The van der Waals surface area contributed by atoms with Gasteiger partial charge in [-0.3, -0.25) is 19.3 Å². The second kappa shape index (κ2) is 12.9. The van der Waals surface area contributed by atoms with Crippen molar-refractivity contribution in [2.45, 2.75) is 33.3 Å². The van der Waals surface area contributed by atoms with Gasteiger partial charge in [0.25, 0.3) is 11.1 Å². The molecule has 1 N–H and O–H groups in total. The van der Waals surface area contributed by atoms with Crippen molar-refractivity contribution < 1.29 is 23.9 Å². The van der Waals surface area contributed by atoms with Crippen LogP contribution in [0, 0.1) is 0 Å². The first-order valence-electron chi connectivity index (χ1n) is 12.5. The molecule has 7 nitrogen and oxygen atoms in total. The van der Waals surface area contributed by atoms with Gasteiger partial charge in [0.1, 0.15) is 13.2 Å². The van der Waals surface area contributed by atoms with E-state index < -0.39 is 17.1 Å². The molecule has 1 heterocycles. The summed E-state index contributed by atoms with van der Waals surface area (Å²) in [6.45, 7) is 6.43. The molecule has 0 aromatic heterocycles. The third-order valence-electron chi connectivity index (χ3n) is 5.91. The van der Waals surface area contributed by atoms with Crippen LogP contribution >= 0.6 is 23.4 Å². The SMILES string of the molecule is CCOc1cc(/C=C2/SC(=O)N(CC(=O)Nc3ccc(C(C)C)cc3)C2=O)ccc1OCc1ccc(Cl)cc1. The summed E-state index contributed by atoms with van der Waals surface area (Å²) in [5.41, 5.74) is 3.38. The van der Waals surface area contributed by atoms with Gasteiger partial charge in [0.2, 0.25) is 5.91 Å². The molecule has 3 aromatic carbocycles. The molecular formula is C30H29ClN2O5S. The van der Waals surface area contributed by atoms with Crippen LogP contribution in [0.15, 0.2) is 71.6 Å². The Labute approximate surface area is 237 Å². The molecule has 3 amide bonds. The summed E-state index contributed by atoms with van der Waals surface area (Å²) in [5.74, 6) is 0.477. The fourth-order valence-corrected chi connectivity index (χ4v) is 4.79. The number of ether oxygens (including phenoxy) is 2. The summed E-state index contributed by atoms with van der Waals surface area (Å²) >= 11 is 6.74. The van der Waals surface area contributed by atoms with Crippen LogP contribution in [0.1, 0.15) is 43.4 Å². The minimum atomic E-state index is -0.517. The summed E-state index contributed by atoms with van der Waals surface area (Å²) in [5, 5.41) is 2.90. The number of imide groups is 1. The Kier molecular flexibility index (Phi) is 9.32. The van der Waals surface area contributed by atoms with Gasteiger partial charge in [-0.25, -0.2) is 0 Å². The Hall–Kier alpha value is -3.75. The molecule has 9 heteroatoms. The van der Waals surface area contributed by atoms with Gasteiger partial charge in [-0.1, -0.05) is 55.8 Å². The maximum Gasteiger partial charge on any atom is 0.294 e. The lowest BCUT2D eigenvalue weighted by Gasteiger charge is -2.13. The Morgan fingerprint density at radius 2 is 1.72 bits per heavy atom. The molecule has 1 fully saturated rings. The lowest BCUT2D eigenvalue weighted by Crippen LogP contribution is -2.36. The second-order valence-corrected chi connectivity index (χ2v) is 10.6. The van der Waals surface area contributed by atoms with Crippen molar-refractivity contribution in [1.82, 2.24) is 4.90 Å². The minimum Gasteiger partial charge on any atom is -0.490 e. The first-order chi connectivity index (χ1) is 18.7. The van der Waals surface area contributed by atoms with Crippen molar-refractivity contribution in [2.24, 2.45) is 0 Å². The predicted molar refractivity (Wildman–Crippen MR) is 155 cm³/mol. The largest absolute Gasteiger partial charge is 0.490 e. The normalized spacial score (nSPS) is 14.3. The number of halogens is 1. The van der Waals surface area contributed by atoms with Gasteiger partial charge in [-0.2, -0.15) is 0 Å². The topological polar surface area (TPSA) is 84.9 Å². The fraction of sp³-hybridized carbons (Fsp3) is 0.233. The van der Waals surface area contributed by atoms with Crippen LogP contribution in [0.5, 0.6) is 11.5 Å². The van der Waals surface area contributed by atoms with E-state index in [1.165, 1.54) is 0 Å². The molecule has 0 unspecified atom stereocenters. The van der Waals surface area contributed by atoms with Gasteiger partial charge in [-0.15, -0.1) is 0 Å². The predicted octanol–water partition coefficient (Wildman–Crippen LogP) is 7.12. The van der Waals surface area contributed by atoms with E-state index in [4.69, 9.17) is 21.1 Å². The molecule has 4 rings (SSSR count). The highest BCUT2D eigenvalue weighted by Crippen LogP contribution is 2.35. The van der Waals surface area contributed by atoms with E-state index in [1.54, 1.807) is 48.5 Å². The zero-order valence-corrected chi connectivity index (χ0v) is 23.5. The summed E-state index contributed by atoms with van der Waals surface area (Å²) in [4.78, 5) is 39.2. The van der Waals surface area contributed by atoms with Crippen LogP contribution in [-0.4, -0.2) is 35.1 Å². The van der Waals surface area contributed by atoms with Gasteiger partial charge < -0.3 is 14.8 Å². The zero-order chi connectivity index (χ0) is 27.9. The van der Waals surface area contributed by atoms with Crippen molar-refractivity contribution in [3.8, 4) is 11.5 Å². The number of amides is 3. The Bertz CT molecular complexity index is 1390. The van der Waals surface area contributed by atoms with Crippen LogP contribution in [0.2, 0.25) is 5.02 Å². The van der Waals surface area contributed by atoms with E-state index in [0.29, 0.717) is 46.9 Å². The first-order valence-corrected chi connectivity index (χ1v) is 13.7. The van der Waals surface area contributed by atoms with Gasteiger partial charge >= 0.3 is 0 Å². The molecule has 3 aromatic rings. The number of hydrogen-bond acceptors (Lipinski definition) is 6. The number of nitrogens with zero attached hydrogens (tertiary/aromatic N) is 1. The number of thioether (sulfide) groups is 1. The average molecular weight is 565 g/mol. The van der Waals surface area contributed by atoms with Crippen molar-refractivity contribution in [2.75, 3.05) is 18.5 Å². The molecule has 1 aliphatic rings. The zero-order valence-electron chi connectivity index (χ0n) is 21.9. The molecule has 0 bridgehead atoms. The molecule has 39 heavy (non-hydrogen) atoms. The highest BCUT2D eigenvalue weighted by atomic mass is 35.5. The smallest absolute Gasteiger partial charge is 0.294 e. The molecule has 0 aliphatic carbocycles. The van der Waals surface area contributed by atoms with Gasteiger partial charge in [0.15, 0.2) is 11.5 Å². The summed E-state index contributed by atoms with van der Waals surface area (Å²) in [7, 11) is 0. The third kappa shape index (κ3) is 7.43. The van der Waals surface area contributed by atoms with Crippen molar-refractivity contribution in [3.05, 3.63) is 93.3 Å². The molecule has 202 valence electrons. The first kappa shape index (κ1) is 28.3. The Morgan fingerprint density at radius 3 is 2.38 bits per heavy atom. The monoisotopic (exact) mass is 564 g/mol. The second-order valence-electron chi connectivity index (χ2n) is 9.15. The molecule has 1 aliphatic heterocycles. The minimum absolute atomic E-state index is 0.228. The van der Waals surface area contributed by atoms with Gasteiger partial charge in [0.05, 0.1) is 11.5 Å². The van der Waals surface area contributed by atoms with Crippen LogP contribution < -0.4 is 14.8 Å². The van der Waals surface area contributed by atoms with Crippen LogP contribution in [0.25, 0.3) is 6.08 Å². The van der Waals surface area contributed by atoms with Crippen LogP contribution in [-0.2, 0) is 16.2 Å². The molecular weight excluding hydrogens is 536 g/mol. The fourth-order valence-electron chi connectivity index (χ4n) is 3.83. The van der Waals surface area contributed by atoms with E-state index >= 15 is 0 Å². The molecule has 0 radical (unpaired) electrons. The van der Waals surface area contributed by atoms with Crippen molar-refractivity contribution >= 4 is 52.2 Å². The summed E-state index contributed by atoms with van der Waals surface area (Å²) in [6.07, 6.45) is 1.61. The van der Waals surface area contributed by atoms with Gasteiger partial charge in [0, 0.05) is 10.7 Å². The number of carbonyl (C=O) groups is 3. The average Bonchev–Trinajstić information content (AvgIpc) is 3.16. The number of rotatable bonds is 10. The van der Waals surface area contributed by atoms with Gasteiger partial charge in [-0.05, 0) is 83.8 Å². The van der Waals surface area contributed by atoms with Crippen LogP contribution in [0.3, 0.4) is 0 Å². The van der Waals surface area contributed by atoms with Crippen LogP contribution in [0.4, 0.5) is 10.5 Å². The van der Waals surface area contributed by atoms with E-state index in [0.717, 1.165) is 27.8 Å². The lowest BCUT2D eigenvalue weighted by atomic mass is 10.0. The number of anilines is 1. The quantitative estimate of drug-likeness (QED) is 0.264.